The lowest BCUT2D eigenvalue weighted by Gasteiger charge is -2.21. The summed E-state index contributed by atoms with van der Waals surface area (Å²) in [5.74, 6) is 1.46. The van der Waals surface area contributed by atoms with Crippen LogP contribution in [0.3, 0.4) is 0 Å². The average Bonchev–Trinajstić information content (AvgIpc) is 2.46. The summed E-state index contributed by atoms with van der Waals surface area (Å²) < 4.78 is 10.9. The van der Waals surface area contributed by atoms with Gasteiger partial charge in [-0.3, -0.25) is 0 Å². The first kappa shape index (κ1) is 7.17. The van der Waals surface area contributed by atoms with Crippen molar-refractivity contribution in [1.29, 1.82) is 0 Å². The molecule has 0 amide bonds. The van der Waals surface area contributed by atoms with Gasteiger partial charge in [-0.15, -0.1) is 0 Å². The van der Waals surface area contributed by atoms with Crippen LogP contribution in [0.2, 0.25) is 0 Å². The van der Waals surface area contributed by atoms with Gasteiger partial charge in [0.1, 0.15) is 0 Å². The molecule has 2 atom stereocenters. The Labute approximate surface area is 67.2 Å². The van der Waals surface area contributed by atoms with Crippen LogP contribution < -0.4 is 0 Å². The molecule has 0 aromatic rings. The van der Waals surface area contributed by atoms with E-state index < -0.39 is 0 Å². The van der Waals surface area contributed by atoms with E-state index in [1.165, 1.54) is 12.8 Å². The zero-order chi connectivity index (χ0) is 7.90. The maximum absolute atomic E-state index is 5.66. The topological polar surface area (TPSA) is 18.5 Å². The predicted octanol–water partition coefficient (Wildman–Crippen LogP) is 2.06. The highest BCUT2D eigenvalue weighted by atomic mass is 16.7. The minimum atomic E-state index is -0.336. The number of ether oxygens (including phenoxy) is 2. The Kier molecular flexibility index (Phi) is 1.46. The summed E-state index contributed by atoms with van der Waals surface area (Å²) in [4.78, 5) is 0. The number of hydrogen-bond acceptors (Lipinski definition) is 2. The van der Waals surface area contributed by atoms with Crippen molar-refractivity contribution in [1.82, 2.24) is 0 Å². The molecule has 1 saturated heterocycles. The lowest BCUT2D eigenvalue weighted by atomic mass is 10.0. The molecule has 2 nitrogen and oxygen atoms in total. The van der Waals surface area contributed by atoms with Crippen LogP contribution in [0.25, 0.3) is 0 Å². The Morgan fingerprint density at radius 2 is 2.55 bits per heavy atom. The van der Waals surface area contributed by atoms with E-state index in [9.17, 15) is 0 Å². The van der Waals surface area contributed by atoms with Crippen molar-refractivity contribution in [2.45, 2.75) is 32.0 Å². The third-order valence-corrected chi connectivity index (χ3v) is 2.65. The summed E-state index contributed by atoms with van der Waals surface area (Å²) in [5.41, 5.74) is 0. The van der Waals surface area contributed by atoms with Gasteiger partial charge in [-0.1, -0.05) is 0 Å². The molecule has 2 unspecified atom stereocenters. The molecule has 0 aromatic heterocycles. The zero-order valence-electron chi connectivity index (χ0n) is 7.09. The monoisotopic (exact) mass is 154 g/mol. The fourth-order valence-corrected chi connectivity index (χ4v) is 1.93. The molecular formula is C9H14O2. The van der Waals surface area contributed by atoms with Crippen LogP contribution in [-0.4, -0.2) is 12.9 Å². The molecule has 0 N–H and O–H groups in total. The van der Waals surface area contributed by atoms with E-state index in [4.69, 9.17) is 9.47 Å². The Bertz CT molecular complexity index is 198. The van der Waals surface area contributed by atoms with Gasteiger partial charge < -0.3 is 9.47 Å². The van der Waals surface area contributed by atoms with Crippen molar-refractivity contribution in [3.8, 4) is 0 Å². The van der Waals surface area contributed by atoms with E-state index in [0.717, 1.165) is 12.2 Å². The molecule has 2 rings (SSSR count). The highest BCUT2D eigenvalue weighted by Gasteiger charge is 2.41. The molecule has 11 heavy (non-hydrogen) atoms. The Morgan fingerprint density at radius 3 is 3.18 bits per heavy atom. The molecule has 1 aliphatic carbocycles. The van der Waals surface area contributed by atoms with Gasteiger partial charge in [-0.2, -0.15) is 0 Å². The fourth-order valence-electron chi connectivity index (χ4n) is 1.93. The van der Waals surface area contributed by atoms with Crippen molar-refractivity contribution < 1.29 is 9.47 Å². The quantitative estimate of drug-likeness (QED) is 0.575. The van der Waals surface area contributed by atoms with Gasteiger partial charge in [0.05, 0.1) is 5.76 Å². The Balaban J connectivity index is 2.14. The molecule has 2 aliphatic rings. The predicted molar refractivity (Wildman–Crippen MR) is 41.9 cm³/mol. The number of fused-ring (bicyclic) bond motifs is 1. The van der Waals surface area contributed by atoms with Crippen molar-refractivity contribution >= 4 is 0 Å². The molecule has 1 heterocycles. The first-order chi connectivity index (χ1) is 5.23. The average molecular weight is 154 g/mol. The van der Waals surface area contributed by atoms with Gasteiger partial charge in [-0.25, -0.2) is 0 Å². The number of hydrogen-bond donors (Lipinski definition) is 0. The van der Waals surface area contributed by atoms with E-state index in [0.29, 0.717) is 5.92 Å². The zero-order valence-corrected chi connectivity index (χ0v) is 7.09. The van der Waals surface area contributed by atoms with E-state index >= 15 is 0 Å². The third kappa shape index (κ3) is 1.06. The number of methoxy groups -OCH3 is 1. The van der Waals surface area contributed by atoms with Gasteiger partial charge in [-0.05, 0) is 18.9 Å². The van der Waals surface area contributed by atoms with Crippen molar-refractivity contribution in [2.75, 3.05) is 7.11 Å². The molecular weight excluding hydrogens is 140 g/mol. The van der Waals surface area contributed by atoms with Gasteiger partial charge in [0, 0.05) is 26.4 Å². The number of rotatable bonds is 1. The molecule has 62 valence electrons. The molecule has 0 saturated carbocycles. The summed E-state index contributed by atoms with van der Waals surface area (Å²) >= 11 is 0. The molecule has 0 aromatic carbocycles. The SMILES string of the molecule is COC1(C)CC2CCC=C2O1. The summed E-state index contributed by atoms with van der Waals surface area (Å²) in [6, 6.07) is 0. The smallest absolute Gasteiger partial charge is 0.207 e. The minimum absolute atomic E-state index is 0.336. The second kappa shape index (κ2) is 2.24. The normalized spacial score (nSPS) is 41.6. The molecule has 1 aliphatic heterocycles. The molecule has 0 spiro atoms. The molecule has 1 fully saturated rings. The van der Waals surface area contributed by atoms with Crippen molar-refractivity contribution in [2.24, 2.45) is 5.92 Å². The van der Waals surface area contributed by atoms with E-state index in [1.54, 1.807) is 7.11 Å². The highest BCUT2D eigenvalue weighted by Crippen LogP contribution is 2.43. The van der Waals surface area contributed by atoms with Crippen LogP contribution in [0.1, 0.15) is 26.2 Å². The summed E-state index contributed by atoms with van der Waals surface area (Å²) in [5, 5.41) is 0. The first-order valence-corrected chi connectivity index (χ1v) is 4.18. The Morgan fingerprint density at radius 1 is 1.73 bits per heavy atom. The van der Waals surface area contributed by atoms with Gasteiger partial charge >= 0.3 is 0 Å². The second-order valence-electron chi connectivity index (χ2n) is 3.52. The minimum Gasteiger partial charge on any atom is -0.467 e. The van der Waals surface area contributed by atoms with Crippen molar-refractivity contribution in [3.63, 3.8) is 0 Å². The van der Waals surface area contributed by atoms with Crippen LogP contribution in [-0.2, 0) is 9.47 Å². The van der Waals surface area contributed by atoms with Crippen LogP contribution in [0.4, 0.5) is 0 Å². The second-order valence-corrected chi connectivity index (χ2v) is 3.52. The summed E-state index contributed by atoms with van der Waals surface area (Å²) in [6.45, 7) is 2.01. The standard InChI is InChI=1S/C9H14O2/c1-9(10-2)6-7-4-3-5-8(7)11-9/h5,7H,3-4,6H2,1-2H3. The fraction of sp³-hybridized carbons (Fsp3) is 0.778. The van der Waals surface area contributed by atoms with Gasteiger partial charge in [0.25, 0.3) is 0 Å². The Hall–Kier alpha value is -0.500. The van der Waals surface area contributed by atoms with Crippen LogP contribution in [0.5, 0.6) is 0 Å². The first-order valence-electron chi connectivity index (χ1n) is 4.18. The van der Waals surface area contributed by atoms with Crippen LogP contribution >= 0.6 is 0 Å². The molecule has 0 bridgehead atoms. The number of allylic oxidation sites excluding steroid dienone is 2. The van der Waals surface area contributed by atoms with Gasteiger partial charge in [0.15, 0.2) is 0 Å². The maximum atomic E-state index is 5.66. The van der Waals surface area contributed by atoms with Gasteiger partial charge in [0.2, 0.25) is 5.79 Å². The summed E-state index contributed by atoms with van der Waals surface area (Å²) in [7, 11) is 1.71. The lowest BCUT2D eigenvalue weighted by molar-refractivity contribution is -0.163. The van der Waals surface area contributed by atoms with E-state index in [-0.39, 0.29) is 5.79 Å². The molecule has 2 heteroatoms. The van der Waals surface area contributed by atoms with E-state index in [1.807, 2.05) is 6.92 Å². The third-order valence-electron chi connectivity index (χ3n) is 2.65. The van der Waals surface area contributed by atoms with E-state index in [2.05, 4.69) is 6.08 Å². The summed E-state index contributed by atoms with van der Waals surface area (Å²) in [6.07, 6.45) is 5.64. The maximum Gasteiger partial charge on any atom is 0.207 e. The molecule has 0 radical (unpaired) electrons. The van der Waals surface area contributed by atoms with Crippen LogP contribution in [0.15, 0.2) is 11.8 Å². The van der Waals surface area contributed by atoms with Crippen molar-refractivity contribution in [3.05, 3.63) is 11.8 Å². The lowest BCUT2D eigenvalue weighted by Crippen LogP contribution is -2.25. The van der Waals surface area contributed by atoms with Crippen LogP contribution in [0, 0.1) is 5.92 Å². The highest BCUT2D eigenvalue weighted by molar-refractivity contribution is 5.11. The largest absolute Gasteiger partial charge is 0.467 e.